The monoisotopic (exact) mass is 534 g/mol. The molecule has 9 aromatic rings. The molecule has 0 aliphatic rings. The molecule has 0 saturated carbocycles. The maximum atomic E-state index is 3.55. The van der Waals surface area contributed by atoms with Crippen molar-refractivity contribution in [2.45, 2.75) is 0 Å². The Bertz CT molecular complexity index is 2460. The van der Waals surface area contributed by atoms with E-state index in [0.717, 1.165) is 0 Å². The summed E-state index contributed by atoms with van der Waals surface area (Å²) in [7, 11) is 0. The first-order valence-corrected chi connectivity index (χ1v) is 14.4. The Morgan fingerprint density at radius 2 is 0.952 bits per heavy atom. The second kappa shape index (κ2) is 8.95. The van der Waals surface area contributed by atoms with Crippen LogP contribution in [0.3, 0.4) is 0 Å². The van der Waals surface area contributed by atoms with E-state index in [1.165, 1.54) is 82.3 Å². The Labute approximate surface area is 243 Å². The van der Waals surface area contributed by atoms with E-state index in [4.69, 9.17) is 0 Å². The van der Waals surface area contributed by atoms with Crippen LogP contribution in [-0.4, -0.2) is 9.55 Å². The largest absolute Gasteiger partial charge is 0.355 e. The van der Waals surface area contributed by atoms with Crippen LogP contribution in [0, 0.1) is 0 Å². The number of nitrogens with one attached hydrogen (secondary N) is 1. The second-order valence-corrected chi connectivity index (χ2v) is 11.1. The summed E-state index contributed by atoms with van der Waals surface area (Å²) in [6.07, 6.45) is 0. The topological polar surface area (TPSA) is 20.7 Å². The van der Waals surface area contributed by atoms with Crippen molar-refractivity contribution in [2.75, 3.05) is 0 Å². The van der Waals surface area contributed by atoms with Crippen LogP contribution in [0.1, 0.15) is 0 Å². The molecule has 0 radical (unpaired) electrons. The summed E-state index contributed by atoms with van der Waals surface area (Å²) in [6, 6.07) is 55.1. The summed E-state index contributed by atoms with van der Waals surface area (Å²) in [5.74, 6) is 0. The predicted molar refractivity (Wildman–Crippen MR) is 179 cm³/mol. The Morgan fingerprint density at radius 3 is 1.83 bits per heavy atom. The molecule has 0 aliphatic heterocycles. The molecule has 1 N–H and O–H groups in total. The number of benzene rings is 7. The molecule has 0 fully saturated rings. The van der Waals surface area contributed by atoms with Crippen molar-refractivity contribution >= 4 is 54.4 Å². The first-order valence-electron chi connectivity index (χ1n) is 14.4. The van der Waals surface area contributed by atoms with Gasteiger partial charge in [-0.25, -0.2) is 0 Å². The highest BCUT2D eigenvalue weighted by Crippen LogP contribution is 2.37. The maximum Gasteiger partial charge on any atom is 0.0541 e. The Kier molecular flexibility index (Phi) is 4.93. The van der Waals surface area contributed by atoms with Crippen LogP contribution in [0.25, 0.3) is 82.3 Å². The summed E-state index contributed by atoms with van der Waals surface area (Å²) in [6.45, 7) is 0. The fraction of sp³-hybridized carbons (Fsp3) is 0. The predicted octanol–water partition coefficient (Wildman–Crippen LogP) is 10.9. The minimum Gasteiger partial charge on any atom is -0.355 e. The van der Waals surface area contributed by atoms with Crippen molar-refractivity contribution < 1.29 is 0 Å². The van der Waals surface area contributed by atoms with Gasteiger partial charge in [0.25, 0.3) is 0 Å². The third kappa shape index (κ3) is 3.52. The summed E-state index contributed by atoms with van der Waals surface area (Å²) >= 11 is 0. The van der Waals surface area contributed by atoms with Gasteiger partial charge in [-0.05, 0) is 87.6 Å². The molecule has 0 amide bonds. The molecule has 0 aliphatic carbocycles. The normalized spacial score (nSPS) is 11.8. The zero-order chi connectivity index (χ0) is 27.6. The lowest BCUT2D eigenvalue weighted by molar-refractivity contribution is 1.18. The molecule has 2 heterocycles. The third-order valence-corrected chi connectivity index (χ3v) is 8.72. The molecule has 0 atom stereocenters. The van der Waals surface area contributed by atoms with Crippen molar-refractivity contribution in [3.05, 3.63) is 152 Å². The number of hydrogen-bond donors (Lipinski definition) is 1. The third-order valence-electron chi connectivity index (χ3n) is 8.72. The van der Waals surface area contributed by atoms with E-state index >= 15 is 0 Å². The van der Waals surface area contributed by atoms with Crippen molar-refractivity contribution in [3.63, 3.8) is 0 Å². The minimum absolute atomic E-state index is 1.17. The lowest BCUT2D eigenvalue weighted by atomic mass is 10.0. The lowest BCUT2D eigenvalue weighted by Gasteiger charge is -2.10. The molecule has 196 valence electrons. The molecule has 0 unspecified atom stereocenters. The SMILES string of the molecule is c1ccc2cc(-c3ccc(-n4c5ccccc5c5cc(-c6ccc7[nH]c8ccccc8c7c6)ccc54)cc3)ccc2c1. The van der Waals surface area contributed by atoms with Gasteiger partial charge in [-0.2, -0.15) is 0 Å². The number of fused-ring (bicyclic) bond motifs is 7. The van der Waals surface area contributed by atoms with Gasteiger partial charge in [-0.15, -0.1) is 0 Å². The molecule has 2 heteroatoms. The summed E-state index contributed by atoms with van der Waals surface area (Å²) in [5, 5.41) is 7.59. The van der Waals surface area contributed by atoms with Crippen LogP contribution >= 0.6 is 0 Å². The number of aromatic nitrogens is 2. The minimum atomic E-state index is 1.17. The van der Waals surface area contributed by atoms with Crippen molar-refractivity contribution in [2.24, 2.45) is 0 Å². The number of nitrogens with zero attached hydrogens (tertiary/aromatic N) is 1. The van der Waals surface area contributed by atoms with E-state index in [1.54, 1.807) is 0 Å². The number of rotatable bonds is 3. The van der Waals surface area contributed by atoms with Gasteiger partial charge < -0.3 is 9.55 Å². The van der Waals surface area contributed by atoms with Crippen molar-refractivity contribution in [1.29, 1.82) is 0 Å². The Hall–Kier alpha value is -5.60. The quantitative estimate of drug-likeness (QED) is 0.233. The van der Waals surface area contributed by atoms with Gasteiger partial charge in [0.05, 0.1) is 11.0 Å². The number of hydrogen-bond acceptors (Lipinski definition) is 0. The van der Waals surface area contributed by atoms with Gasteiger partial charge >= 0.3 is 0 Å². The Balaban J connectivity index is 1.17. The van der Waals surface area contributed by atoms with Gasteiger partial charge in [0.2, 0.25) is 0 Å². The van der Waals surface area contributed by atoms with Crippen LogP contribution in [-0.2, 0) is 0 Å². The van der Waals surface area contributed by atoms with Crippen LogP contribution < -0.4 is 0 Å². The molecule has 0 saturated heterocycles. The molecular weight excluding hydrogens is 508 g/mol. The summed E-state index contributed by atoms with van der Waals surface area (Å²) in [4.78, 5) is 3.55. The molecule has 2 aromatic heterocycles. The van der Waals surface area contributed by atoms with E-state index in [0.29, 0.717) is 0 Å². The average Bonchev–Trinajstić information content (AvgIpc) is 3.59. The molecule has 9 rings (SSSR count). The van der Waals surface area contributed by atoms with E-state index < -0.39 is 0 Å². The number of para-hydroxylation sites is 2. The standard InChI is InChI=1S/C40H26N2/c1-2-8-28-23-29(14-13-26(28)7-1)27-15-19-32(20-16-27)42-39-12-6-4-10-34(39)36-25-31(18-22-40(36)42)30-17-21-38-35(24-30)33-9-3-5-11-37(33)41-38/h1-25,41H. The number of H-pyrrole nitrogens is 1. The highest BCUT2D eigenvalue weighted by molar-refractivity contribution is 6.12. The Morgan fingerprint density at radius 1 is 0.357 bits per heavy atom. The van der Waals surface area contributed by atoms with Crippen LogP contribution in [0.4, 0.5) is 0 Å². The molecule has 0 spiro atoms. The summed E-state index contributed by atoms with van der Waals surface area (Å²) in [5.41, 5.74) is 10.9. The van der Waals surface area contributed by atoms with E-state index in [1.807, 2.05) is 0 Å². The van der Waals surface area contributed by atoms with Crippen LogP contribution in [0.15, 0.2) is 152 Å². The molecule has 0 bridgehead atoms. The highest BCUT2D eigenvalue weighted by Gasteiger charge is 2.14. The summed E-state index contributed by atoms with van der Waals surface area (Å²) < 4.78 is 2.39. The second-order valence-electron chi connectivity index (χ2n) is 11.1. The zero-order valence-electron chi connectivity index (χ0n) is 22.9. The molecule has 7 aromatic carbocycles. The van der Waals surface area contributed by atoms with Crippen molar-refractivity contribution in [3.8, 4) is 27.9 Å². The highest BCUT2D eigenvalue weighted by atomic mass is 15.0. The first kappa shape index (κ1) is 23.1. The van der Waals surface area contributed by atoms with E-state index in [9.17, 15) is 0 Å². The van der Waals surface area contributed by atoms with Gasteiger partial charge in [-0.3, -0.25) is 0 Å². The van der Waals surface area contributed by atoms with E-state index in [-0.39, 0.29) is 0 Å². The van der Waals surface area contributed by atoms with Gasteiger partial charge in [0.15, 0.2) is 0 Å². The molecular formula is C40H26N2. The first-order chi connectivity index (χ1) is 20.8. The smallest absolute Gasteiger partial charge is 0.0541 e. The van der Waals surface area contributed by atoms with Crippen LogP contribution in [0.5, 0.6) is 0 Å². The average molecular weight is 535 g/mol. The number of aromatic amines is 1. The fourth-order valence-electron chi connectivity index (χ4n) is 6.63. The fourth-order valence-corrected chi connectivity index (χ4v) is 6.63. The zero-order valence-corrected chi connectivity index (χ0v) is 22.9. The van der Waals surface area contributed by atoms with Gasteiger partial charge in [0.1, 0.15) is 0 Å². The molecule has 42 heavy (non-hydrogen) atoms. The molecule has 2 nitrogen and oxygen atoms in total. The maximum absolute atomic E-state index is 3.55. The van der Waals surface area contributed by atoms with Crippen LogP contribution in [0.2, 0.25) is 0 Å². The van der Waals surface area contributed by atoms with Gasteiger partial charge in [-0.1, -0.05) is 97.1 Å². The van der Waals surface area contributed by atoms with Gasteiger partial charge in [0, 0.05) is 38.3 Å². The van der Waals surface area contributed by atoms with Crippen molar-refractivity contribution in [1.82, 2.24) is 9.55 Å². The van der Waals surface area contributed by atoms with E-state index in [2.05, 4.69) is 161 Å². The lowest BCUT2D eigenvalue weighted by Crippen LogP contribution is -1.93.